The number of rotatable bonds is 6. The molecule has 2 N–H and O–H groups in total. The first kappa shape index (κ1) is 12.3. The molecule has 0 aromatic carbocycles. The molecule has 0 amide bonds. The molecule has 1 saturated heterocycles. The van der Waals surface area contributed by atoms with Gasteiger partial charge in [-0.15, -0.1) is 0 Å². The lowest BCUT2D eigenvalue weighted by Gasteiger charge is -2.22. The third-order valence-corrected chi connectivity index (χ3v) is 2.81. The maximum atomic E-state index is 5.80. The van der Waals surface area contributed by atoms with Gasteiger partial charge in [-0.3, -0.25) is 0 Å². The molecule has 0 saturated carbocycles. The van der Waals surface area contributed by atoms with Crippen molar-refractivity contribution < 1.29 is 4.74 Å². The monoisotopic (exact) mass is 236 g/mol. The van der Waals surface area contributed by atoms with Gasteiger partial charge in [-0.25, -0.2) is 9.97 Å². The van der Waals surface area contributed by atoms with E-state index in [0.717, 1.165) is 45.5 Å². The van der Waals surface area contributed by atoms with Crippen LogP contribution in [0.5, 0.6) is 0 Å². The van der Waals surface area contributed by atoms with Crippen molar-refractivity contribution in [3.8, 4) is 0 Å². The van der Waals surface area contributed by atoms with E-state index in [9.17, 15) is 0 Å². The Labute approximate surface area is 102 Å². The smallest absolute Gasteiger partial charge is 0.222 e. The molecule has 94 valence electrons. The van der Waals surface area contributed by atoms with Gasteiger partial charge in [0.05, 0.1) is 6.10 Å². The first-order valence-electron chi connectivity index (χ1n) is 6.28. The van der Waals surface area contributed by atoms with E-state index < -0.39 is 0 Å². The molecule has 2 heterocycles. The minimum absolute atomic E-state index is 0.448. The Kier molecular flexibility index (Phi) is 5.19. The number of piperidine rings is 1. The molecule has 0 aliphatic carbocycles. The second-order valence-corrected chi connectivity index (χ2v) is 4.17. The predicted molar refractivity (Wildman–Crippen MR) is 67.0 cm³/mol. The molecule has 0 spiro atoms. The van der Waals surface area contributed by atoms with Gasteiger partial charge in [0.25, 0.3) is 0 Å². The molecule has 5 nitrogen and oxygen atoms in total. The highest BCUT2D eigenvalue weighted by molar-refractivity contribution is 5.21. The average molecular weight is 236 g/mol. The number of anilines is 1. The van der Waals surface area contributed by atoms with Gasteiger partial charge in [0, 0.05) is 25.5 Å². The van der Waals surface area contributed by atoms with Gasteiger partial charge in [0.2, 0.25) is 5.95 Å². The first-order chi connectivity index (χ1) is 8.45. The van der Waals surface area contributed by atoms with Gasteiger partial charge in [0.15, 0.2) is 0 Å². The van der Waals surface area contributed by atoms with E-state index in [2.05, 4.69) is 20.6 Å². The van der Waals surface area contributed by atoms with Crippen LogP contribution < -0.4 is 10.6 Å². The molecule has 1 aliphatic rings. The van der Waals surface area contributed by atoms with Crippen LogP contribution in [0, 0.1) is 0 Å². The summed E-state index contributed by atoms with van der Waals surface area (Å²) in [5.74, 6) is 0.689. The zero-order chi connectivity index (χ0) is 11.8. The molecule has 0 atom stereocenters. The Morgan fingerprint density at radius 1 is 1.29 bits per heavy atom. The van der Waals surface area contributed by atoms with Crippen LogP contribution in [0.3, 0.4) is 0 Å². The number of nitrogens with one attached hydrogen (secondary N) is 2. The Morgan fingerprint density at radius 3 is 2.82 bits per heavy atom. The lowest BCUT2D eigenvalue weighted by atomic mass is 10.1. The molecule has 0 bridgehead atoms. The number of hydrogen-bond acceptors (Lipinski definition) is 5. The molecule has 1 fully saturated rings. The van der Waals surface area contributed by atoms with Gasteiger partial charge in [-0.05, 0) is 38.4 Å². The van der Waals surface area contributed by atoms with E-state index >= 15 is 0 Å². The maximum absolute atomic E-state index is 5.80. The molecule has 1 aromatic heterocycles. The number of nitrogens with zero attached hydrogens (tertiary/aromatic N) is 2. The zero-order valence-corrected chi connectivity index (χ0v) is 10.1. The van der Waals surface area contributed by atoms with Crippen LogP contribution in [0.2, 0.25) is 0 Å². The lowest BCUT2D eigenvalue weighted by Crippen LogP contribution is -2.32. The lowest BCUT2D eigenvalue weighted by molar-refractivity contribution is 0.0329. The van der Waals surface area contributed by atoms with Crippen molar-refractivity contribution >= 4 is 5.95 Å². The van der Waals surface area contributed by atoms with Crippen LogP contribution in [-0.4, -0.2) is 42.3 Å². The quantitative estimate of drug-likeness (QED) is 0.723. The van der Waals surface area contributed by atoms with Crippen molar-refractivity contribution in [3.63, 3.8) is 0 Å². The number of ether oxygens (including phenoxy) is 1. The van der Waals surface area contributed by atoms with E-state index in [-0.39, 0.29) is 0 Å². The summed E-state index contributed by atoms with van der Waals surface area (Å²) in [6, 6.07) is 1.81. The summed E-state index contributed by atoms with van der Waals surface area (Å²) in [7, 11) is 0. The SMILES string of the molecule is c1cnc(NCCCOC2CCNCC2)nc1. The van der Waals surface area contributed by atoms with Crippen molar-refractivity contribution in [1.29, 1.82) is 0 Å². The third kappa shape index (κ3) is 4.66. The van der Waals surface area contributed by atoms with Gasteiger partial charge in [-0.1, -0.05) is 0 Å². The summed E-state index contributed by atoms with van der Waals surface area (Å²) >= 11 is 0. The largest absolute Gasteiger partial charge is 0.378 e. The number of aromatic nitrogens is 2. The second-order valence-electron chi connectivity index (χ2n) is 4.17. The van der Waals surface area contributed by atoms with Gasteiger partial charge in [0.1, 0.15) is 0 Å². The molecule has 0 unspecified atom stereocenters. The Balaban J connectivity index is 1.51. The standard InChI is InChI=1S/C12H20N4O/c1-5-14-12(15-6-1)16-7-2-10-17-11-3-8-13-9-4-11/h1,5-6,11,13H,2-4,7-10H2,(H,14,15,16). The van der Waals surface area contributed by atoms with Crippen LogP contribution in [0.1, 0.15) is 19.3 Å². The highest BCUT2D eigenvalue weighted by atomic mass is 16.5. The van der Waals surface area contributed by atoms with Crippen molar-refractivity contribution in [2.24, 2.45) is 0 Å². The second kappa shape index (κ2) is 7.19. The van der Waals surface area contributed by atoms with E-state index in [4.69, 9.17) is 4.74 Å². The number of hydrogen-bond donors (Lipinski definition) is 2. The molecule has 5 heteroatoms. The first-order valence-corrected chi connectivity index (χ1v) is 6.28. The molecular formula is C12H20N4O. The molecule has 0 radical (unpaired) electrons. The fourth-order valence-corrected chi connectivity index (χ4v) is 1.87. The van der Waals surface area contributed by atoms with Crippen molar-refractivity contribution in [3.05, 3.63) is 18.5 Å². The highest BCUT2D eigenvalue weighted by Gasteiger charge is 2.12. The van der Waals surface area contributed by atoms with E-state index in [0.29, 0.717) is 12.1 Å². The normalized spacial score (nSPS) is 16.9. The molecule has 17 heavy (non-hydrogen) atoms. The highest BCUT2D eigenvalue weighted by Crippen LogP contribution is 2.07. The fourth-order valence-electron chi connectivity index (χ4n) is 1.87. The van der Waals surface area contributed by atoms with Crippen molar-refractivity contribution in [2.45, 2.75) is 25.4 Å². The fraction of sp³-hybridized carbons (Fsp3) is 0.667. The van der Waals surface area contributed by atoms with Crippen LogP contribution >= 0.6 is 0 Å². The van der Waals surface area contributed by atoms with Gasteiger partial charge in [-0.2, -0.15) is 0 Å². The third-order valence-electron chi connectivity index (χ3n) is 2.81. The van der Waals surface area contributed by atoms with Crippen LogP contribution in [-0.2, 0) is 4.74 Å². The minimum atomic E-state index is 0.448. The van der Waals surface area contributed by atoms with E-state index in [1.165, 1.54) is 0 Å². The Morgan fingerprint density at radius 2 is 2.06 bits per heavy atom. The van der Waals surface area contributed by atoms with Gasteiger partial charge >= 0.3 is 0 Å². The van der Waals surface area contributed by atoms with E-state index in [1.54, 1.807) is 12.4 Å². The topological polar surface area (TPSA) is 59.1 Å². The summed E-state index contributed by atoms with van der Waals surface area (Å²) in [6.07, 6.45) is 7.18. The molecule has 1 aliphatic heterocycles. The van der Waals surface area contributed by atoms with Crippen LogP contribution in [0.25, 0.3) is 0 Å². The summed E-state index contributed by atoms with van der Waals surface area (Å²) in [5, 5.41) is 6.50. The summed E-state index contributed by atoms with van der Waals surface area (Å²) in [5.41, 5.74) is 0. The van der Waals surface area contributed by atoms with Crippen molar-refractivity contribution in [1.82, 2.24) is 15.3 Å². The predicted octanol–water partition coefficient (Wildman–Crippen LogP) is 1.05. The van der Waals surface area contributed by atoms with Crippen LogP contribution in [0.4, 0.5) is 5.95 Å². The van der Waals surface area contributed by atoms with Gasteiger partial charge < -0.3 is 15.4 Å². The minimum Gasteiger partial charge on any atom is -0.378 e. The molecular weight excluding hydrogens is 216 g/mol. The van der Waals surface area contributed by atoms with E-state index in [1.807, 2.05) is 6.07 Å². The maximum Gasteiger partial charge on any atom is 0.222 e. The summed E-state index contributed by atoms with van der Waals surface area (Å²) < 4.78 is 5.80. The zero-order valence-electron chi connectivity index (χ0n) is 10.1. The van der Waals surface area contributed by atoms with Crippen molar-refractivity contribution in [2.75, 3.05) is 31.6 Å². The summed E-state index contributed by atoms with van der Waals surface area (Å²) in [4.78, 5) is 8.19. The Hall–Kier alpha value is -1.20. The average Bonchev–Trinajstić information content (AvgIpc) is 2.41. The molecule has 2 rings (SSSR count). The van der Waals surface area contributed by atoms with Crippen LogP contribution in [0.15, 0.2) is 18.5 Å². The Bertz CT molecular complexity index is 301. The summed E-state index contributed by atoms with van der Waals surface area (Å²) in [6.45, 7) is 3.83. The molecule has 1 aromatic rings.